The number of para-hydroxylation sites is 1. The number of nitrogens with one attached hydrogen (secondary N) is 2. The topological polar surface area (TPSA) is 84.9 Å². The number of allylic oxidation sites excluding steroid dienone is 1. The number of carbonyl (C=O) groups is 2. The number of aliphatic carboxylic acids is 1. The van der Waals surface area contributed by atoms with Crippen LogP contribution in [0.4, 0.5) is 11.4 Å². The van der Waals surface area contributed by atoms with E-state index in [1.807, 2.05) is 43.4 Å². The Morgan fingerprint density at radius 1 is 1.03 bits per heavy atom. The number of hydrogen-bond donors (Lipinski definition) is 3. The molecule has 7 heteroatoms. The van der Waals surface area contributed by atoms with E-state index >= 15 is 0 Å². The Morgan fingerprint density at radius 3 is 2.35 bits per heavy atom. The van der Waals surface area contributed by atoms with Crippen molar-refractivity contribution in [2.45, 2.75) is 51.9 Å². The van der Waals surface area contributed by atoms with Gasteiger partial charge in [0.25, 0.3) is 0 Å². The predicted octanol–water partition coefficient (Wildman–Crippen LogP) is 5.10. The van der Waals surface area contributed by atoms with Crippen LogP contribution in [0.2, 0.25) is 0 Å². The Hall–Kier alpha value is -3.32. The molecule has 0 bridgehead atoms. The summed E-state index contributed by atoms with van der Waals surface area (Å²) in [5.41, 5.74) is 5.74. The quantitative estimate of drug-likeness (QED) is 0.395. The predicted molar refractivity (Wildman–Crippen MR) is 149 cm³/mol. The number of likely N-dealkylation sites (N-methyl/N-ethyl adjacent to an activating group) is 1. The zero-order chi connectivity index (χ0) is 26.2. The van der Waals surface area contributed by atoms with Gasteiger partial charge in [0, 0.05) is 37.9 Å². The van der Waals surface area contributed by atoms with E-state index in [1.165, 1.54) is 17.6 Å². The first-order chi connectivity index (χ1) is 17.9. The van der Waals surface area contributed by atoms with Gasteiger partial charge in [-0.15, -0.1) is 0 Å². The number of amides is 1. The minimum Gasteiger partial charge on any atom is -0.481 e. The highest BCUT2D eigenvalue weighted by atomic mass is 16.4. The summed E-state index contributed by atoms with van der Waals surface area (Å²) in [7, 11) is 1.86. The minimum absolute atomic E-state index is 0.111. The van der Waals surface area contributed by atoms with E-state index in [2.05, 4.69) is 34.6 Å². The second kappa shape index (κ2) is 12.8. The van der Waals surface area contributed by atoms with Crippen molar-refractivity contribution in [1.29, 1.82) is 0 Å². The van der Waals surface area contributed by atoms with Gasteiger partial charge in [-0.2, -0.15) is 0 Å². The van der Waals surface area contributed by atoms with E-state index in [4.69, 9.17) is 5.11 Å². The summed E-state index contributed by atoms with van der Waals surface area (Å²) in [5.74, 6) is 0.753. The molecule has 2 fully saturated rings. The number of rotatable bonds is 11. The number of hydrogen-bond acceptors (Lipinski definition) is 5. The van der Waals surface area contributed by atoms with Crippen LogP contribution in [0.5, 0.6) is 0 Å². The SMILES string of the molecule is Cc1ccccc1NC(Nc1ccc(CC(=O)N(C)CCN2CCC(CC(=O)O)CC2)cc1)=C1CCC1. The third kappa shape index (κ3) is 7.83. The number of benzene rings is 2. The monoisotopic (exact) mass is 504 g/mol. The van der Waals surface area contributed by atoms with Gasteiger partial charge < -0.3 is 25.5 Å². The van der Waals surface area contributed by atoms with Gasteiger partial charge in [-0.3, -0.25) is 9.59 Å². The number of carbonyl (C=O) groups excluding carboxylic acids is 1. The smallest absolute Gasteiger partial charge is 0.303 e. The van der Waals surface area contributed by atoms with Gasteiger partial charge in [0.05, 0.1) is 6.42 Å². The third-order valence-corrected chi connectivity index (χ3v) is 7.64. The van der Waals surface area contributed by atoms with Crippen LogP contribution in [0.25, 0.3) is 0 Å². The van der Waals surface area contributed by atoms with Crippen molar-refractivity contribution in [3.05, 3.63) is 71.1 Å². The molecule has 2 aromatic rings. The second-order valence-corrected chi connectivity index (χ2v) is 10.5. The summed E-state index contributed by atoms with van der Waals surface area (Å²) < 4.78 is 0. The summed E-state index contributed by atoms with van der Waals surface area (Å²) in [6, 6.07) is 16.4. The van der Waals surface area contributed by atoms with Crippen LogP contribution in [0.3, 0.4) is 0 Å². The van der Waals surface area contributed by atoms with Crippen molar-refractivity contribution in [1.82, 2.24) is 9.80 Å². The van der Waals surface area contributed by atoms with Crippen LogP contribution in [0, 0.1) is 12.8 Å². The van der Waals surface area contributed by atoms with Crippen LogP contribution >= 0.6 is 0 Å². The Kier molecular flexibility index (Phi) is 9.23. The molecule has 3 N–H and O–H groups in total. The molecule has 0 atom stereocenters. The highest BCUT2D eigenvalue weighted by Gasteiger charge is 2.22. The molecule has 1 amide bonds. The van der Waals surface area contributed by atoms with Crippen LogP contribution in [-0.2, 0) is 16.0 Å². The lowest BCUT2D eigenvalue weighted by molar-refractivity contribution is -0.138. The summed E-state index contributed by atoms with van der Waals surface area (Å²) in [6.45, 7) is 5.44. The number of piperidine rings is 1. The van der Waals surface area contributed by atoms with Crippen molar-refractivity contribution in [2.75, 3.05) is 43.9 Å². The van der Waals surface area contributed by atoms with E-state index in [9.17, 15) is 9.59 Å². The summed E-state index contributed by atoms with van der Waals surface area (Å²) in [5, 5.41) is 16.1. The van der Waals surface area contributed by atoms with Crippen molar-refractivity contribution in [3.8, 4) is 0 Å². The Balaban J connectivity index is 1.25. The number of aryl methyl sites for hydroxylation is 1. The van der Waals surface area contributed by atoms with E-state index in [1.54, 1.807) is 4.90 Å². The number of likely N-dealkylation sites (tertiary alicyclic amines) is 1. The molecule has 0 radical (unpaired) electrons. The molecule has 2 aliphatic rings. The number of carboxylic acid groups (broad SMARTS) is 1. The average molecular weight is 505 g/mol. The molecule has 2 aromatic carbocycles. The zero-order valence-corrected chi connectivity index (χ0v) is 22.1. The maximum Gasteiger partial charge on any atom is 0.303 e. The summed E-state index contributed by atoms with van der Waals surface area (Å²) >= 11 is 0. The van der Waals surface area contributed by atoms with E-state index in [0.29, 0.717) is 13.0 Å². The summed E-state index contributed by atoms with van der Waals surface area (Å²) in [6.07, 6.45) is 5.94. The molecule has 198 valence electrons. The molecule has 1 saturated carbocycles. The first-order valence-corrected chi connectivity index (χ1v) is 13.5. The standard InChI is InChI=1S/C30H40N4O3/c1-22-6-3-4-9-27(22)32-30(25-7-5-8-25)31-26-12-10-23(11-13-26)20-28(35)33(2)18-19-34-16-14-24(15-17-34)21-29(36)37/h3-4,6,9-13,24,31-32H,5,7-8,14-21H2,1-2H3,(H,36,37). The Bertz CT molecular complexity index is 1100. The Morgan fingerprint density at radius 2 is 1.73 bits per heavy atom. The van der Waals surface area contributed by atoms with Gasteiger partial charge in [-0.25, -0.2) is 0 Å². The fourth-order valence-electron chi connectivity index (χ4n) is 4.90. The van der Waals surface area contributed by atoms with Crippen LogP contribution < -0.4 is 10.6 Å². The lowest BCUT2D eigenvalue weighted by Gasteiger charge is -2.32. The lowest BCUT2D eigenvalue weighted by Crippen LogP contribution is -2.41. The number of anilines is 2. The van der Waals surface area contributed by atoms with E-state index in [-0.39, 0.29) is 18.2 Å². The van der Waals surface area contributed by atoms with Crippen molar-refractivity contribution in [2.24, 2.45) is 5.92 Å². The molecule has 7 nitrogen and oxygen atoms in total. The molecule has 4 rings (SSSR count). The van der Waals surface area contributed by atoms with Gasteiger partial charge in [0.1, 0.15) is 5.82 Å². The van der Waals surface area contributed by atoms with Gasteiger partial charge in [-0.05, 0) is 92.9 Å². The van der Waals surface area contributed by atoms with E-state index < -0.39 is 5.97 Å². The molecule has 1 heterocycles. The maximum atomic E-state index is 12.8. The van der Waals surface area contributed by atoms with Crippen LogP contribution in [0.15, 0.2) is 59.9 Å². The highest BCUT2D eigenvalue weighted by molar-refractivity contribution is 5.78. The normalized spacial score (nSPS) is 16.1. The largest absolute Gasteiger partial charge is 0.481 e. The lowest BCUT2D eigenvalue weighted by atomic mass is 9.92. The van der Waals surface area contributed by atoms with Crippen molar-refractivity contribution >= 4 is 23.3 Å². The molecule has 1 aliphatic carbocycles. The van der Waals surface area contributed by atoms with Crippen molar-refractivity contribution < 1.29 is 14.7 Å². The molecular weight excluding hydrogens is 464 g/mol. The van der Waals surface area contributed by atoms with Crippen LogP contribution in [-0.4, -0.2) is 60.0 Å². The van der Waals surface area contributed by atoms with Gasteiger partial charge in [0.2, 0.25) is 5.91 Å². The molecule has 0 unspecified atom stereocenters. The number of carboxylic acids is 1. The first kappa shape index (κ1) is 26.7. The Labute approximate surface area is 220 Å². The molecular formula is C30H40N4O3. The third-order valence-electron chi connectivity index (χ3n) is 7.64. The zero-order valence-electron chi connectivity index (χ0n) is 22.1. The second-order valence-electron chi connectivity index (χ2n) is 10.5. The first-order valence-electron chi connectivity index (χ1n) is 13.5. The molecule has 0 spiro atoms. The fraction of sp³-hybridized carbons (Fsp3) is 0.467. The molecule has 37 heavy (non-hydrogen) atoms. The van der Waals surface area contributed by atoms with Gasteiger partial charge in [0.15, 0.2) is 0 Å². The van der Waals surface area contributed by atoms with Gasteiger partial charge in [-0.1, -0.05) is 30.3 Å². The molecule has 1 aliphatic heterocycles. The fourth-order valence-corrected chi connectivity index (χ4v) is 4.90. The molecule has 0 aromatic heterocycles. The van der Waals surface area contributed by atoms with E-state index in [0.717, 1.165) is 68.1 Å². The van der Waals surface area contributed by atoms with Gasteiger partial charge >= 0.3 is 5.97 Å². The van der Waals surface area contributed by atoms with Crippen molar-refractivity contribution in [3.63, 3.8) is 0 Å². The average Bonchev–Trinajstić information content (AvgIpc) is 2.84. The maximum absolute atomic E-state index is 12.8. The highest BCUT2D eigenvalue weighted by Crippen LogP contribution is 2.31. The van der Waals surface area contributed by atoms with Crippen LogP contribution in [0.1, 0.15) is 49.7 Å². The number of nitrogens with zero attached hydrogens (tertiary/aromatic N) is 2. The minimum atomic E-state index is -0.706. The molecule has 1 saturated heterocycles. The summed E-state index contributed by atoms with van der Waals surface area (Å²) in [4.78, 5) is 27.9.